The molecule has 4 N–H and O–H groups in total. The molecule has 10 nitrogen and oxygen atoms in total. The van der Waals surface area contributed by atoms with E-state index in [2.05, 4.69) is 16.0 Å². The van der Waals surface area contributed by atoms with E-state index in [1.165, 1.54) is 13.8 Å². The van der Waals surface area contributed by atoms with Crippen molar-refractivity contribution in [1.29, 1.82) is 0 Å². The summed E-state index contributed by atoms with van der Waals surface area (Å²) in [5.74, 6) is -7.79. The van der Waals surface area contributed by atoms with Crippen LogP contribution in [-0.4, -0.2) is 58.8 Å². The number of benzene rings is 2. The van der Waals surface area contributed by atoms with Gasteiger partial charge in [0.05, 0.1) is 18.8 Å². The van der Waals surface area contributed by atoms with Crippen LogP contribution in [0.15, 0.2) is 48.5 Å². The third kappa shape index (κ3) is 8.90. The number of amides is 3. The van der Waals surface area contributed by atoms with Gasteiger partial charge in [-0.2, -0.15) is 0 Å². The van der Waals surface area contributed by atoms with Crippen molar-refractivity contribution in [2.24, 2.45) is 5.92 Å². The lowest BCUT2D eigenvalue weighted by Crippen LogP contribution is -2.64. The van der Waals surface area contributed by atoms with Crippen LogP contribution in [0.25, 0.3) is 0 Å². The van der Waals surface area contributed by atoms with Gasteiger partial charge in [-0.1, -0.05) is 56.5 Å². The molecular formula is C31H37F2N3O7. The molecule has 1 fully saturated rings. The zero-order chi connectivity index (χ0) is 31.6. The molecule has 0 spiro atoms. The molecule has 0 aromatic heterocycles. The fraction of sp³-hybridized carbons (Fsp3) is 0.452. The molecule has 0 radical (unpaired) electrons. The monoisotopic (exact) mass is 601 g/mol. The third-order valence-electron chi connectivity index (χ3n) is 7.69. The van der Waals surface area contributed by atoms with Crippen LogP contribution in [0, 0.1) is 17.6 Å². The fourth-order valence-electron chi connectivity index (χ4n) is 5.08. The number of carbonyl (C=O) groups is 5. The number of carboxylic acid groups (broad SMARTS) is 1. The Kier molecular flexibility index (Phi) is 11.9. The minimum absolute atomic E-state index is 0.0122. The molecule has 43 heavy (non-hydrogen) atoms. The highest BCUT2D eigenvalue weighted by Gasteiger charge is 2.45. The molecule has 3 atom stereocenters. The largest absolute Gasteiger partial charge is 0.480 e. The molecule has 1 aliphatic rings. The lowest BCUT2D eigenvalue weighted by molar-refractivity contribution is -0.146. The number of hydrogen-bond donors (Lipinski definition) is 4. The maximum absolute atomic E-state index is 14.4. The summed E-state index contributed by atoms with van der Waals surface area (Å²) in [5, 5.41) is 16.6. The van der Waals surface area contributed by atoms with Crippen LogP contribution in [0.5, 0.6) is 0 Å². The van der Waals surface area contributed by atoms with Gasteiger partial charge in [-0.25, -0.2) is 13.6 Å². The molecule has 3 unspecified atom stereocenters. The smallest absolute Gasteiger partial charge is 0.326 e. The number of carboxylic acids is 1. The van der Waals surface area contributed by atoms with E-state index in [0.717, 1.165) is 43.0 Å². The maximum atomic E-state index is 14.4. The molecule has 3 amide bonds. The summed E-state index contributed by atoms with van der Waals surface area (Å²) in [5.41, 5.74) is -1.51. The predicted molar refractivity (Wildman–Crippen MR) is 152 cm³/mol. The van der Waals surface area contributed by atoms with Crippen LogP contribution in [0.3, 0.4) is 0 Å². The molecule has 1 aliphatic carbocycles. The topological polar surface area (TPSA) is 151 Å². The van der Waals surface area contributed by atoms with E-state index >= 15 is 0 Å². The van der Waals surface area contributed by atoms with Gasteiger partial charge in [-0.15, -0.1) is 0 Å². The van der Waals surface area contributed by atoms with Gasteiger partial charge in [0.25, 0.3) is 11.8 Å². The highest BCUT2D eigenvalue weighted by Crippen LogP contribution is 2.33. The van der Waals surface area contributed by atoms with E-state index in [-0.39, 0.29) is 13.0 Å². The van der Waals surface area contributed by atoms with Crippen LogP contribution in [0.4, 0.5) is 8.78 Å². The van der Waals surface area contributed by atoms with Gasteiger partial charge in [-0.05, 0) is 55.9 Å². The van der Waals surface area contributed by atoms with Gasteiger partial charge in [0.15, 0.2) is 0 Å². The Labute approximate surface area is 248 Å². The summed E-state index contributed by atoms with van der Waals surface area (Å²) in [7, 11) is 0. The number of ketones is 1. The molecule has 0 aliphatic heterocycles. The quantitative estimate of drug-likeness (QED) is 0.243. The second-order valence-corrected chi connectivity index (χ2v) is 10.8. The Morgan fingerprint density at radius 2 is 1.65 bits per heavy atom. The number of Topliss-reactive ketones (excluding diaryl/α,β-unsaturated/α-hetero) is 1. The van der Waals surface area contributed by atoms with Crippen LogP contribution in [0.1, 0.15) is 68.3 Å². The Morgan fingerprint density at radius 3 is 2.28 bits per heavy atom. The molecule has 0 heterocycles. The molecule has 1 saturated carbocycles. The molecule has 232 valence electrons. The molecular weight excluding hydrogens is 564 g/mol. The van der Waals surface area contributed by atoms with E-state index in [1.54, 1.807) is 24.3 Å². The molecule has 0 saturated heterocycles. The van der Waals surface area contributed by atoms with Crippen molar-refractivity contribution in [2.75, 3.05) is 6.61 Å². The highest BCUT2D eigenvalue weighted by molar-refractivity contribution is 6.38. The summed E-state index contributed by atoms with van der Waals surface area (Å²) in [6.07, 6.45) is 3.52. The molecule has 3 rings (SSSR count). The maximum Gasteiger partial charge on any atom is 0.326 e. The number of halogens is 2. The van der Waals surface area contributed by atoms with Gasteiger partial charge in [0.2, 0.25) is 11.7 Å². The fourth-order valence-corrected chi connectivity index (χ4v) is 5.08. The SMILES string of the molecule is CCC(NC(=O)C(=O)C(COCc1ccccc1)NC(=O)C(C)(NC(=O)c1cc(F)ccc1F)C1CCCCC1)C(=O)O. The molecule has 2 aromatic rings. The van der Waals surface area contributed by atoms with Crippen molar-refractivity contribution < 1.29 is 42.6 Å². The first-order valence-corrected chi connectivity index (χ1v) is 14.2. The van der Waals surface area contributed by atoms with Crippen LogP contribution in [0.2, 0.25) is 0 Å². The molecule has 0 bridgehead atoms. The van der Waals surface area contributed by atoms with Gasteiger partial charge >= 0.3 is 5.97 Å². The first kappa shape index (κ1) is 33.3. The minimum Gasteiger partial charge on any atom is -0.480 e. The number of carbonyl (C=O) groups excluding carboxylic acids is 4. The van der Waals surface area contributed by atoms with Crippen molar-refractivity contribution >= 4 is 29.5 Å². The molecule has 12 heteroatoms. The van der Waals surface area contributed by atoms with Gasteiger partial charge in [0, 0.05) is 0 Å². The van der Waals surface area contributed by atoms with Gasteiger partial charge < -0.3 is 25.8 Å². The summed E-state index contributed by atoms with van der Waals surface area (Å²) in [6, 6.07) is 8.46. The number of nitrogens with one attached hydrogen (secondary N) is 3. The highest BCUT2D eigenvalue weighted by atomic mass is 19.1. The Morgan fingerprint density at radius 1 is 0.977 bits per heavy atom. The van der Waals surface area contributed by atoms with Crippen LogP contribution in [-0.2, 0) is 30.5 Å². The van der Waals surface area contributed by atoms with E-state index in [0.29, 0.717) is 12.8 Å². The Balaban J connectivity index is 1.88. The summed E-state index contributed by atoms with van der Waals surface area (Å²) >= 11 is 0. The standard InChI is InChI=1S/C31H37F2N3O7/c1-3-24(29(40)41)34-28(39)26(37)25(18-43-17-19-10-6-4-7-11-19)35-30(42)31(2,20-12-8-5-9-13-20)36-27(38)22-16-21(32)14-15-23(22)33/h4,6-7,10-11,14-16,20,24-25H,3,5,8-9,12-13,17-18H2,1-2H3,(H,34,39)(H,35,42)(H,36,38)(H,40,41). The lowest BCUT2D eigenvalue weighted by Gasteiger charge is -2.40. The summed E-state index contributed by atoms with van der Waals surface area (Å²) in [6.45, 7) is 2.57. The minimum atomic E-state index is -1.68. The lowest BCUT2D eigenvalue weighted by atomic mass is 9.74. The van der Waals surface area contributed by atoms with E-state index in [4.69, 9.17) is 4.74 Å². The zero-order valence-corrected chi connectivity index (χ0v) is 24.2. The van der Waals surface area contributed by atoms with Crippen molar-refractivity contribution in [3.63, 3.8) is 0 Å². The average Bonchev–Trinajstić information content (AvgIpc) is 3.00. The number of ether oxygens (including phenoxy) is 1. The van der Waals surface area contributed by atoms with E-state index in [1.807, 2.05) is 6.07 Å². The third-order valence-corrected chi connectivity index (χ3v) is 7.69. The second-order valence-electron chi connectivity index (χ2n) is 10.8. The second kappa shape index (κ2) is 15.3. The number of rotatable bonds is 14. The Bertz CT molecular complexity index is 1320. The van der Waals surface area contributed by atoms with Crippen molar-refractivity contribution in [3.8, 4) is 0 Å². The zero-order valence-electron chi connectivity index (χ0n) is 24.2. The Hall–Kier alpha value is -4.19. The average molecular weight is 602 g/mol. The van der Waals surface area contributed by atoms with Crippen molar-refractivity contribution in [1.82, 2.24) is 16.0 Å². The summed E-state index contributed by atoms with van der Waals surface area (Å²) < 4.78 is 33.9. The van der Waals surface area contributed by atoms with E-state index < -0.39 is 76.8 Å². The van der Waals surface area contributed by atoms with E-state index in [9.17, 15) is 37.9 Å². The predicted octanol–water partition coefficient (Wildman–Crippen LogP) is 3.28. The molecule has 2 aromatic carbocycles. The number of aliphatic carboxylic acids is 1. The first-order valence-electron chi connectivity index (χ1n) is 14.2. The van der Waals surface area contributed by atoms with Crippen molar-refractivity contribution in [3.05, 3.63) is 71.3 Å². The van der Waals surface area contributed by atoms with Gasteiger partial charge in [0.1, 0.15) is 29.3 Å². The summed E-state index contributed by atoms with van der Waals surface area (Å²) in [4.78, 5) is 64.5. The number of hydrogen-bond acceptors (Lipinski definition) is 6. The normalized spacial score (nSPS) is 16.3. The van der Waals surface area contributed by atoms with Crippen LogP contribution < -0.4 is 16.0 Å². The van der Waals surface area contributed by atoms with Crippen LogP contribution >= 0.6 is 0 Å². The van der Waals surface area contributed by atoms with Gasteiger partial charge in [-0.3, -0.25) is 19.2 Å². The van der Waals surface area contributed by atoms with Crippen molar-refractivity contribution in [2.45, 2.75) is 76.6 Å². The first-order chi connectivity index (χ1) is 20.5.